The Kier molecular flexibility index (Phi) is 9.11. The van der Waals surface area contributed by atoms with Gasteiger partial charge in [0.1, 0.15) is 48.1 Å². The fourth-order valence-electron chi connectivity index (χ4n) is 5.24. The van der Waals surface area contributed by atoms with E-state index in [0.717, 1.165) is 32.1 Å². The van der Waals surface area contributed by atoms with Crippen LogP contribution in [-0.2, 0) is 23.4 Å². The second kappa shape index (κ2) is 12.6. The van der Waals surface area contributed by atoms with E-state index in [-0.39, 0.29) is 17.7 Å². The van der Waals surface area contributed by atoms with Crippen molar-refractivity contribution in [3.63, 3.8) is 0 Å². The molecule has 0 spiro atoms. The third-order valence-electron chi connectivity index (χ3n) is 7.56. The maximum absolute atomic E-state index is 14.2. The molecule has 3 heterocycles. The van der Waals surface area contributed by atoms with Gasteiger partial charge < -0.3 is 29.9 Å². The maximum Gasteiger partial charge on any atom is 0.459 e. The predicted molar refractivity (Wildman–Crippen MR) is 151 cm³/mol. The van der Waals surface area contributed by atoms with Crippen LogP contribution in [0, 0.1) is 6.92 Å². The highest BCUT2D eigenvalue weighted by atomic mass is 31.2. The summed E-state index contributed by atoms with van der Waals surface area (Å²) in [7, 11) is -4.29. The minimum absolute atomic E-state index is 0.150. The van der Waals surface area contributed by atoms with Crippen LogP contribution < -0.4 is 15.3 Å². The molecule has 14 nitrogen and oxygen atoms in total. The minimum atomic E-state index is -4.29. The molecule has 228 valence electrons. The molecule has 3 aromatic rings. The van der Waals surface area contributed by atoms with Gasteiger partial charge in [-0.25, -0.2) is 19.5 Å². The van der Waals surface area contributed by atoms with Crippen LogP contribution in [0.2, 0.25) is 0 Å². The highest BCUT2D eigenvalue weighted by molar-refractivity contribution is 7.52. The van der Waals surface area contributed by atoms with Gasteiger partial charge in [-0.15, -0.1) is 0 Å². The van der Waals surface area contributed by atoms with Crippen LogP contribution in [0.5, 0.6) is 5.75 Å². The molecule has 0 radical (unpaired) electrons. The summed E-state index contributed by atoms with van der Waals surface area (Å²) in [6.45, 7) is 4.82. The lowest BCUT2D eigenvalue weighted by Gasteiger charge is -2.29. The highest BCUT2D eigenvalue weighted by Crippen LogP contribution is 2.48. The quantitative estimate of drug-likeness (QED) is 0.195. The molecule has 1 aromatic carbocycles. The van der Waals surface area contributed by atoms with E-state index in [4.69, 9.17) is 24.3 Å². The van der Waals surface area contributed by atoms with E-state index in [1.165, 1.54) is 31.1 Å². The van der Waals surface area contributed by atoms with Gasteiger partial charge in [-0.1, -0.05) is 24.6 Å². The van der Waals surface area contributed by atoms with Gasteiger partial charge in [-0.2, -0.15) is 5.09 Å². The number of hydrogen-bond acceptors (Lipinski definition) is 12. The lowest BCUT2D eigenvalue weighted by molar-refractivity contribution is -0.152. The first-order chi connectivity index (χ1) is 20.1. The van der Waals surface area contributed by atoms with Crippen molar-refractivity contribution in [3.8, 4) is 5.75 Å². The van der Waals surface area contributed by atoms with E-state index < -0.39 is 50.4 Å². The molecule has 0 amide bonds. The van der Waals surface area contributed by atoms with Crippen molar-refractivity contribution >= 4 is 30.7 Å². The minimum Gasteiger partial charge on any atom is -0.461 e. The Morgan fingerprint density at radius 2 is 1.88 bits per heavy atom. The number of esters is 1. The molecule has 1 saturated carbocycles. The third-order valence-corrected chi connectivity index (χ3v) is 9.31. The van der Waals surface area contributed by atoms with E-state index in [1.807, 2.05) is 0 Å². The Bertz CT molecular complexity index is 1450. The first-order valence-electron chi connectivity index (χ1n) is 14.0. The van der Waals surface area contributed by atoms with Crippen LogP contribution in [0.3, 0.4) is 0 Å². The van der Waals surface area contributed by atoms with Crippen molar-refractivity contribution in [2.45, 2.75) is 95.7 Å². The van der Waals surface area contributed by atoms with Crippen LogP contribution in [0.25, 0.3) is 11.2 Å². The lowest BCUT2D eigenvalue weighted by Crippen LogP contribution is -2.41. The number of aliphatic hydroxyl groups is 2. The normalized spacial score (nSPS) is 26.0. The highest BCUT2D eigenvalue weighted by Gasteiger charge is 2.49. The Hall–Kier alpha value is -3.13. The predicted octanol–water partition coefficient (Wildman–Crippen LogP) is 2.78. The summed E-state index contributed by atoms with van der Waals surface area (Å²) in [5, 5.41) is 24.5. The van der Waals surface area contributed by atoms with Crippen molar-refractivity contribution in [2.75, 3.05) is 5.73 Å². The molecule has 2 aromatic heterocycles. The standard InChI is InChI=1S/C27H37N6O8P/c1-15-9-7-8-12-19(15)41-42(37,32-16(2)27(36)38-18-10-5-4-6-11-18)40-17(3)23-21(34)22(35)26(39-23)33-14-31-20-24(28)29-13-30-25(20)33/h7-9,12-14,16-18,21-23,26,34-35H,4-6,10-11H2,1-3H3,(H,32,37)(H2,28,29,30). The van der Waals surface area contributed by atoms with Gasteiger partial charge in [-0.05, 0) is 58.1 Å². The molecule has 7 unspecified atom stereocenters. The molecule has 2 aliphatic rings. The summed E-state index contributed by atoms with van der Waals surface area (Å²) in [5.41, 5.74) is 7.18. The number of anilines is 1. The summed E-state index contributed by atoms with van der Waals surface area (Å²) in [6.07, 6.45) is 0.893. The molecule has 1 aliphatic heterocycles. The molecule has 5 N–H and O–H groups in total. The fraction of sp³-hybridized carbons (Fsp3) is 0.556. The molecule has 1 aliphatic carbocycles. The van der Waals surface area contributed by atoms with E-state index in [2.05, 4.69) is 20.0 Å². The maximum atomic E-state index is 14.2. The summed E-state index contributed by atoms with van der Waals surface area (Å²) in [4.78, 5) is 25.2. The van der Waals surface area contributed by atoms with Gasteiger partial charge in [0.05, 0.1) is 12.4 Å². The second-order valence-electron chi connectivity index (χ2n) is 10.8. The number of carbonyl (C=O) groups excluding carboxylic acids is 1. The molecular formula is C27H37N6O8P. The third kappa shape index (κ3) is 6.43. The number of benzene rings is 1. The Labute approximate surface area is 243 Å². The first-order valence-corrected chi connectivity index (χ1v) is 15.6. The second-order valence-corrected chi connectivity index (χ2v) is 12.4. The molecule has 5 rings (SSSR count). The number of nitrogen functional groups attached to an aromatic ring is 1. The molecule has 0 bridgehead atoms. The number of imidazole rings is 1. The number of aliphatic hydroxyl groups excluding tert-OH is 2. The van der Waals surface area contributed by atoms with E-state index in [9.17, 15) is 19.6 Å². The van der Waals surface area contributed by atoms with Gasteiger partial charge in [0.15, 0.2) is 17.7 Å². The van der Waals surface area contributed by atoms with E-state index >= 15 is 0 Å². The number of nitrogens with two attached hydrogens (primary N) is 1. The van der Waals surface area contributed by atoms with Crippen molar-refractivity contribution in [2.24, 2.45) is 0 Å². The number of rotatable bonds is 10. The Balaban J connectivity index is 1.34. The number of aryl methyl sites for hydroxylation is 1. The Morgan fingerprint density at radius 3 is 2.62 bits per heavy atom. The zero-order valence-electron chi connectivity index (χ0n) is 23.7. The zero-order valence-corrected chi connectivity index (χ0v) is 24.6. The molecule has 42 heavy (non-hydrogen) atoms. The van der Waals surface area contributed by atoms with Crippen molar-refractivity contribution < 1.29 is 38.1 Å². The van der Waals surface area contributed by atoms with Crippen LogP contribution in [0.1, 0.15) is 57.7 Å². The molecule has 1 saturated heterocycles. The number of carbonyl (C=O) groups is 1. The van der Waals surface area contributed by atoms with Gasteiger partial charge in [0, 0.05) is 0 Å². The number of para-hydroxylation sites is 1. The van der Waals surface area contributed by atoms with Gasteiger partial charge in [-0.3, -0.25) is 13.9 Å². The zero-order chi connectivity index (χ0) is 30.0. The topological polar surface area (TPSA) is 193 Å². The van der Waals surface area contributed by atoms with Crippen molar-refractivity contribution in [3.05, 3.63) is 42.5 Å². The van der Waals surface area contributed by atoms with Crippen LogP contribution in [-0.4, -0.2) is 72.3 Å². The number of ether oxygens (including phenoxy) is 2. The number of fused-ring (bicyclic) bond motifs is 1. The number of nitrogens with zero attached hydrogens (tertiary/aromatic N) is 4. The lowest BCUT2D eigenvalue weighted by atomic mass is 9.98. The molecule has 2 fully saturated rings. The summed E-state index contributed by atoms with van der Waals surface area (Å²) < 4.78 is 39.1. The molecule has 15 heteroatoms. The molecule has 7 atom stereocenters. The van der Waals surface area contributed by atoms with Crippen molar-refractivity contribution in [1.29, 1.82) is 0 Å². The fourth-order valence-corrected chi connectivity index (χ4v) is 7.00. The van der Waals surface area contributed by atoms with Crippen molar-refractivity contribution in [1.82, 2.24) is 24.6 Å². The Morgan fingerprint density at radius 1 is 1.14 bits per heavy atom. The van der Waals surface area contributed by atoms with Gasteiger partial charge in [0.2, 0.25) is 0 Å². The van der Waals surface area contributed by atoms with E-state index in [1.54, 1.807) is 31.2 Å². The smallest absolute Gasteiger partial charge is 0.459 e. The first kappa shape index (κ1) is 30.3. The van der Waals surface area contributed by atoms with Crippen LogP contribution in [0.4, 0.5) is 5.82 Å². The van der Waals surface area contributed by atoms with E-state index in [0.29, 0.717) is 16.7 Å². The summed E-state index contributed by atoms with van der Waals surface area (Å²) in [6, 6.07) is 5.88. The summed E-state index contributed by atoms with van der Waals surface area (Å²) in [5.74, 6) is -0.148. The molecular weight excluding hydrogens is 567 g/mol. The monoisotopic (exact) mass is 604 g/mol. The number of hydrogen-bond donors (Lipinski definition) is 4. The largest absolute Gasteiger partial charge is 0.461 e. The van der Waals surface area contributed by atoms with Crippen LogP contribution >= 0.6 is 7.75 Å². The SMILES string of the molecule is Cc1ccccc1OP(=O)(NC(C)C(=O)OC1CCCCC1)OC(C)C1OC(n2cnc3c(N)ncnc32)C(O)C1O. The number of nitrogens with one attached hydrogen (secondary N) is 1. The average Bonchev–Trinajstić information content (AvgIpc) is 3.52. The summed E-state index contributed by atoms with van der Waals surface area (Å²) >= 11 is 0. The number of aromatic nitrogens is 4. The van der Waals surface area contributed by atoms with Gasteiger partial charge >= 0.3 is 13.7 Å². The van der Waals surface area contributed by atoms with Crippen LogP contribution in [0.15, 0.2) is 36.9 Å². The van der Waals surface area contributed by atoms with Gasteiger partial charge in [0.25, 0.3) is 0 Å². The average molecular weight is 605 g/mol.